The Balaban J connectivity index is 1.41. The van der Waals surface area contributed by atoms with Gasteiger partial charge in [-0.3, -0.25) is 14.5 Å². The number of hydrogen-bond donors (Lipinski definition) is 1. The SMILES string of the molecule is Cc1ccc(N2C(=O)/C(=C/c3cccc(OCC(=O)Nc4ccc(Cl)cc4)c3)SC2=S)cc1. The number of hydrogen-bond acceptors (Lipinski definition) is 5. The molecule has 0 spiro atoms. The molecule has 0 aliphatic carbocycles. The summed E-state index contributed by atoms with van der Waals surface area (Å²) in [6, 6.07) is 21.7. The quantitative estimate of drug-likeness (QED) is 0.333. The molecule has 1 saturated heterocycles. The van der Waals surface area contributed by atoms with Gasteiger partial charge in [0.15, 0.2) is 10.9 Å². The Morgan fingerprint density at radius 2 is 1.85 bits per heavy atom. The van der Waals surface area contributed by atoms with Crippen LogP contribution in [0.5, 0.6) is 5.75 Å². The van der Waals surface area contributed by atoms with E-state index in [0.717, 1.165) is 16.8 Å². The lowest BCUT2D eigenvalue weighted by Gasteiger charge is -2.14. The molecular formula is C25H19ClN2O3S2. The fourth-order valence-electron chi connectivity index (χ4n) is 3.11. The molecule has 0 unspecified atom stereocenters. The van der Waals surface area contributed by atoms with Crippen molar-refractivity contribution in [1.29, 1.82) is 0 Å². The van der Waals surface area contributed by atoms with Crippen molar-refractivity contribution >= 4 is 69.2 Å². The van der Waals surface area contributed by atoms with Crippen molar-refractivity contribution in [2.45, 2.75) is 6.92 Å². The third-order valence-corrected chi connectivity index (χ3v) is 6.29. The van der Waals surface area contributed by atoms with E-state index < -0.39 is 0 Å². The van der Waals surface area contributed by atoms with Crippen LogP contribution in [0.2, 0.25) is 5.02 Å². The van der Waals surface area contributed by atoms with Gasteiger partial charge in [0, 0.05) is 10.7 Å². The van der Waals surface area contributed by atoms with Gasteiger partial charge >= 0.3 is 0 Å². The minimum Gasteiger partial charge on any atom is -0.484 e. The van der Waals surface area contributed by atoms with Crippen LogP contribution < -0.4 is 15.0 Å². The third kappa shape index (κ3) is 5.82. The molecule has 33 heavy (non-hydrogen) atoms. The molecule has 0 bridgehead atoms. The zero-order chi connectivity index (χ0) is 23.4. The van der Waals surface area contributed by atoms with Gasteiger partial charge in [-0.15, -0.1) is 0 Å². The lowest BCUT2D eigenvalue weighted by atomic mass is 10.2. The first-order valence-corrected chi connectivity index (χ1v) is 11.6. The summed E-state index contributed by atoms with van der Waals surface area (Å²) >= 11 is 12.5. The third-order valence-electron chi connectivity index (χ3n) is 4.74. The molecule has 1 aliphatic rings. The molecule has 1 N–H and O–H groups in total. The highest BCUT2D eigenvalue weighted by Crippen LogP contribution is 2.36. The summed E-state index contributed by atoms with van der Waals surface area (Å²) in [6.07, 6.45) is 1.77. The number of thioether (sulfide) groups is 1. The number of rotatable bonds is 6. The molecular weight excluding hydrogens is 476 g/mol. The Morgan fingerprint density at radius 3 is 2.58 bits per heavy atom. The van der Waals surface area contributed by atoms with Crippen molar-refractivity contribution in [2.75, 3.05) is 16.8 Å². The maximum atomic E-state index is 13.0. The van der Waals surface area contributed by atoms with Crippen molar-refractivity contribution in [2.24, 2.45) is 0 Å². The monoisotopic (exact) mass is 494 g/mol. The average molecular weight is 495 g/mol. The fraction of sp³-hybridized carbons (Fsp3) is 0.0800. The number of aryl methyl sites for hydroxylation is 1. The largest absolute Gasteiger partial charge is 0.484 e. The van der Waals surface area contributed by atoms with Gasteiger partial charge in [0.05, 0.1) is 10.6 Å². The van der Waals surface area contributed by atoms with Gasteiger partial charge in [-0.25, -0.2) is 0 Å². The number of carbonyl (C=O) groups excluding carboxylic acids is 2. The molecule has 0 radical (unpaired) electrons. The molecule has 3 aromatic rings. The van der Waals surface area contributed by atoms with E-state index in [1.54, 1.807) is 48.5 Å². The average Bonchev–Trinajstić information content (AvgIpc) is 3.07. The van der Waals surface area contributed by atoms with E-state index in [9.17, 15) is 9.59 Å². The van der Waals surface area contributed by atoms with Gasteiger partial charge < -0.3 is 10.1 Å². The van der Waals surface area contributed by atoms with Gasteiger partial charge in [0.25, 0.3) is 11.8 Å². The van der Waals surface area contributed by atoms with Crippen molar-refractivity contribution in [3.05, 3.63) is 93.9 Å². The summed E-state index contributed by atoms with van der Waals surface area (Å²) in [5, 5.41) is 3.34. The first-order chi connectivity index (χ1) is 15.9. The van der Waals surface area contributed by atoms with Gasteiger partial charge in [-0.05, 0) is 67.1 Å². The lowest BCUT2D eigenvalue weighted by molar-refractivity contribution is -0.118. The number of carbonyl (C=O) groups is 2. The minimum absolute atomic E-state index is 0.151. The normalized spacial score (nSPS) is 14.6. The minimum atomic E-state index is -0.290. The van der Waals surface area contributed by atoms with Gasteiger partial charge in [-0.1, -0.05) is 65.4 Å². The van der Waals surface area contributed by atoms with E-state index in [-0.39, 0.29) is 18.4 Å². The zero-order valence-electron chi connectivity index (χ0n) is 17.6. The number of anilines is 2. The lowest BCUT2D eigenvalue weighted by Crippen LogP contribution is -2.27. The van der Waals surface area contributed by atoms with Crippen LogP contribution in [0.25, 0.3) is 6.08 Å². The zero-order valence-corrected chi connectivity index (χ0v) is 20.0. The molecule has 4 rings (SSSR count). The van der Waals surface area contributed by atoms with Crippen LogP contribution in [-0.2, 0) is 9.59 Å². The smallest absolute Gasteiger partial charge is 0.270 e. The van der Waals surface area contributed by atoms with Crippen LogP contribution in [-0.4, -0.2) is 22.7 Å². The second-order valence-electron chi connectivity index (χ2n) is 7.27. The Hall–Kier alpha value is -3.13. The van der Waals surface area contributed by atoms with Gasteiger partial charge in [-0.2, -0.15) is 0 Å². The topological polar surface area (TPSA) is 58.6 Å². The molecule has 1 heterocycles. The second kappa shape index (κ2) is 10.2. The Labute approximate surface area is 206 Å². The summed E-state index contributed by atoms with van der Waals surface area (Å²) in [5.41, 5.74) is 3.26. The van der Waals surface area contributed by atoms with Crippen LogP contribution in [0.15, 0.2) is 77.7 Å². The summed E-state index contributed by atoms with van der Waals surface area (Å²) in [4.78, 5) is 27.2. The molecule has 166 valence electrons. The summed E-state index contributed by atoms with van der Waals surface area (Å²) < 4.78 is 6.11. The summed E-state index contributed by atoms with van der Waals surface area (Å²) in [5.74, 6) is 0.0632. The first kappa shape index (κ1) is 23.0. The standard InChI is InChI=1S/C25H19ClN2O3S2/c1-16-5-11-20(12-6-16)28-24(30)22(33-25(28)32)14-17-3-2-4-21(13-17)31-15-23(29)27-19-9-7-18(26)8-10-19/h2-14H,15H2,1H3,(H,27,29)/b22-14-. The van der Waals surface area contributed by atoms with Crippen molar-refractivity contribution in [1.82, 2.24) is 0 Å². The highest BCUT2D eigenvalue weighted by Gasteiger charge is 2.33. The van der Waals surface area contributed by atoms with E-state index in [4.69, 9.17) is 28.6 Å². The molecule has 1 fully saturated rings. The molecule has 8 heteroatoms. The van der Waals surface area contributed by atoms with Crippen LogP contribution in [0.4, 0.5) is 11.4 Å². The number of benzene rings is 3. The molecule has 0 saturated carbocycles. The molecule has 2 amide bonds. The van der Waals surface area contributed by atoms with E-state index in [1.165, 1.54) is 16.7 Å². The van der Waals surface area contributed by atoms with E-state index in [1.807, 2.05) is 37.3 Å². The highest BCUT2D eigenvalue weighted by molar-refractivity contribution is 8.27. The van der Waals surface area contributed by atoms with Crippen molar-refractivity contribution in [3.63, 3.8) is 0 Å². The van der Waals surface area contributed by atoms with Crippen LogP contribution in [0.3, 0.4) is 0 Å². The summed E-state index contributed by atoms with van der Waals surface area (Å²) in [6.45, 7) is 1.84. The van der Waals surface area contributed by atoms with Gasteiger partial charge in [0.1, 0.15) is 5.75 Å². The van der Waals surface area contributed by atoms with Gasteiger partial charge in [0.2, 0.25) is 0 Å². The Morgan fingerprint density at radius 1 is 1.12 bits per heavy atom. The number of nitrogens with zero attached hydrogens (tertiary/aromatic N) is 1. The fourth-order valence-corrected chi connectivity index (χ4v) is 4.53. The summed E-state index contributed by atoms with van der Waals surface area (Å²) in [7, 11) is 0. The predicted octanol–water partition coefficient (Wildman–Crippen LogP) is 6.07. The number of thiocarbonyl (C=S) groups is 1. The second-order valence-corrected chi connectivity index (χ2v) is 9.38. The highest BCUT2D eigenvalue weighted by atomic mass is 35.5. The predicted molar refractivity (Wildman–Crippen MR) is 139 cm³/mol. The Bertz CT molecular complexity index is 1240. The molecule has 0 aromatic heterocycles. The molecule has 3 aromatic carbocycles. The number of ether oxygens (including phenoxy) is 1. The van der Waals surface area contributed by atoms with E-state index in [0.29, 0.717) is 25.7 Å². The van der Waals surface area contributed by atoms with Crippen molar-refractivity contribution < 1.29 is 14.3 Å². The van der Waals surface area contributed by atoms with Crippen LogP contribution in [0, 0.1) is 6.92 Å². The number of amides is 2. The maximum Gasteiger partial charge on any atom is 0.270 e. The molecule has 0 atom stereocenters. The van der Waals surface area contributed by atoms with Crippen LogP contribution in [0.1, 0.15) is 11.1 Å². The van der Waals surface area contributed by atoms with E-state index in [2.05, 4.69) is 5.32 Å². The molecule has 1 aliphatic heterocycles. The van der Waals surface area contributed by atoms with E-state index >= 15 is 0 Å². The van der Waals surface area contributed by atoms with Crippen molar-refractivity contribution in [3.8, 4) is 5.75 Å². The Kier molecular flexibility index (Phi) is 7.13. The maximum absolute atomic E-state index is 13.0. The first-order valence-electron chi connectivity index (χ1n) is 10.0. The van der Waals surface area contributed by atoms with Crippen LogP contribution >= 0.6 is 35.6 Å². The molecule has 5 nitrogen and oxygen atoms in total. The number of nitrogens with one attached hydrogen (secondary N) is 1. The number of halogens is 1.